The van der Waals surface area contributed by atoms with Gasteiger partial charge in [0.2, 0.25) is 0 Å². The minimum atomic E-state index is 0.0862. The van der Waals surface area contributed by atoms with Gasteiger partial charge in [-0.1, -0.05) is 37.6 Å². The Kier molecular flexibility index (Phi) is 4.21. The van der Waals surface area contributed by atoms with E-state index >= 15 is 0 Å². The largest absolute Gasteiger partial charge is 0.312 e. The number of hydrogen-bond donors (Lipinski definition) is 1. The van der Waals surface area contributed by atoms with Crippen LogP contribution in [0.1, 0.15) is 56.1 Å². The highest BCUT2D eigenvalue weighted by Crippen LogP contribution is 2.35. The monoisotopic (exact) mass is 271 g/mol. The molecule has 2 nitrogen and oxygen atoms in total. The molecule has 1 fully saturated rings. The summed E-state index contributed by atoms with van der Waals surface area (Å²) in [6.07, 6.45) is 5.98. The van der Waals surface area contributed by atoms with E-state index < -0.39 is 0 Å². The molecule has 1 saturated carbocycles. The van der Waals surface area contributed by atoms with E-state index in [-0.39, 0.29) is 5.92 Å². The van der Waals surface area contributed by atoms with E-state index in [1.807, 2.05) is 0 Å². The van der Waals surface area contributed by atoms with Crippen LogP contribution in [-0.2, 0) is 11.3 Å². The number of carbonyl (C=O) groups is 1. The van der Waals surface area contributed by atoms with Crippen LogP contribution in [-0.4, -0.2) is 12.3 Å². The van der Waals surface area contributed by atoms with Crippen LogP contribution in [0, 0.1) is 11.8 Å². The second kappa shape index (κ2) is 6.09. The van der Waals surface area contributed by atoms with Crippen molar-refractivity contribution in [2.45, 2.75) is 51.5 Å². The Morgan fingerprint density at radius 1 is 1.20 bits per heavy atom. The number of ketones is 1. The lowest BCUT2D eigenvalue weighted by atomic mass is 9.74. The molecule has 20 heavy (non-hydrogen) atoms. The van der Waals surface area contributed by atoms with Crippen LogP contribution in [0.25, 0.3) is 0 Å². The molecule has 1 aliphatic heterocycles. The number of carbonyl (C=O) groups excluding carboxylic acids is 1. The molecule has 2 heteroatoms. The van der Waals surface area contributed by atoms with E-state index in [1.165, 1.54) is 30.4 Å². The number of hydrogen-bond acceptors (Lipinski definition) is 2. The summed E-state index contributed by atoms with van der Waals surface area (Å²) in [5.74, 6) is 1.73. The quantitative estimate of drug-likeness (QED) is 0.909. The van der Waals surface area contributed by atoms with E-state index in [4.69, 9.17) is 0 Å². The zero-order valence-electron chi connectivity index (χ0n) is 12.4. The average Bonchev–Trinajstić information content (AvgIpc) is 2.54. The summed E-state index contributed by atoms with van der Waals surface area (Å²) in [6.45, 7) is 4.00. The fourth-order valence-corrected chi connectivity index (χ4v) is 3.89. The van der Waals surface area contributed by atoms with Crippen molar-refractivity contribution in [1.82, 2.24) is 5.32 Å². The Balaban J connectivity index is 1.72. The summed E-state index contributed by atoms with van der Waals surface area (Å²) in [6, 6.07) is 8.43. The van der Waals surface area contributed by atoms with Gasteiger partial charge in [0.05, 0.1) is 5.92 Å². The van der Waals surface area contributed by atoms with Crippen molar-refractivity contribution in [3.8, 4) is 0 Å². The third kappa shape index (κ3) is 2.67. The molecule has 0 radical (unpaired) electrons. The Labute approximate surface area is 122 Å². The lowest BCUT2D eigenvalue weighted by Gasteiger charge is -2.32. The van der Waals surface area contributed by atoms with Crippen LogP contribution in [0.3, 0.4) is 0 Å². The standard InChI is InChI=1S/C18H25NO/c1-2-13-7-9-14(10-8-13)18(20)17-12-19-11-15-5-3-4-6-16(15)17/h3-6,13-14,17,19H,2,7-12H2,1H3. The average molecular weight is 271 g/mol. The summed E-state index contributed by atoms with van der Waals surface area (Å²) < 4.78 is 0. The molecule has 0 spiro atoms. The molecule has 1 N–H and O–H groups in total. The first kappa shape index (κ1) is 13.8. The number of fused-ring (bicyclic) bond motifs is 1. The first-order chi connectivity index (χ1) is 9.79. The van der Waals surface area contributed by atoms with Crippen LogP contribution in [0.15, 0.2) is 24.3 Å². The number of rotatable bonds is 3. The fraction of sp³-hybridized carbons (Fsp3) is 0.611. The number of nitrogens with one attached hydrogen (secondary N) is 1. The topological polar surface area (TPSA) is 29.1 Å². The molecule has 1 aromatic carbocycles. The van der Waals surface area contributed by atoms with E-state index in [0.717, 1.165) is 31.8 Å². The third-order valence-corrected chi connectivity index (χ3v) is 5.26. The second-order valence-corrected chi connectivity index (χ2v) is 6.41. The predicted molar refractivity (Wildman–Crippen MR) is 81.6 cm³/mol. The summed E-state index contributed by atoms with van der Waals surface area (Å²) >= 11 is 0. The van der Waals surface area contributed by atoms with E-state index in [2.05, 4.69) is 36.5 Å². The van der Waals surface area contributed by atoms with Crippen molar-refractivity contribution in [1.29, 1.82) is 0 Å². The van der Waals surface area contributed by atoms with Crippen molar-refractivity contribution in [2.75, 3.05) is 6.54 Å². The fourth-order valence-electron chi connectivity index (χ4n) is 3.89. The Hall–Kier alpha value is -1.15. The van der Waals surface area contributed by atoms with Gasteiger partial charge in [0.15, 0.2) is 0 Å². The van der Waals surface area contributed by atoms with Crippen molar-refractivity contribution >= 4 is 5.78 Å². The van der Waals surface area contributed by atoms with Crippen LogP contribution in [0.2, 0.25) is 0 Å². The molecule has 0 aromatic heterocycles. The maximum Gasteiger partial charge on any atom is 0.144 e. The minimum Gasteiger partial charge on any atom is -0.312 e. The maximum atomic E-state index is 12.9. The van der Waals surface area contributed by atoms with Gasteiger partial charge >= 0.3 is 0 Å². The van der Waals surface area contributed by atoms with Crippen molar-refractivity contribution < 1.29 is 4.79 Å². The van der Waals surface area contributed by atoms with Crippen molar-refractivity contribution in [3.63, 3.8) is 0 Å². The van der Waals surface area contributed by atoms with Gasteiger partial charge in [0.1, 0.15) is 5.78 Å². The van der Waals surface area contributed by atoms with Gasteiger partial charge in [-0.25, -0.2) is 0 Å². The van der Waals surface area contributed by atoms with Crippen LogP contribution in [0.4, 0.5) is 0 Å². The lowest BCUT2D eigenvalue weighted by molar-refractivity contribution is -0.125. The Bertz CT molecular complexity index is 474. The minimum absolute atomic E-state index is 0.0862. The van der Waals surface area contributed by atoms with Crippen LogP contribution < -0.4 is 5.32 Å². The van der Waals surface area contributed by atoms with E-state index in [9.17, 15) is 4.79 Å². The molecule has 2 aliphatic rings. The van der Waals surface area contributed by atoms with Gasteiger partial charge < -0.3 is 5.32 Å². The number of benzene rings is 1. The molecule has 0 saturated heterocycles. The van der Waals surface area contributed by atoms with Gasteiger partial charge in [-0.05, 0) is 42.7 Å². The maximum absolute atomic E-state index is 12.9. The molecule has 3 rings (SSSR count). The Morgan fingerprint density at radius 3 is 2.70 bits per heavy atom. The predicted octanol–water partition coefficient (Wildman–Crippen LogP) is 3.66. The highest BCUT2D eigenvalue weighted by molar-refractivity contribution is 5.88. The first-order valence-electron chi connectivity index (χ1n) is 8.11. The first-order valence-corrected chi connectivity index (χ1v) is 8.11. The summed E-state index contributed by atoms with van der Waals surface area (Å²) in [4.78, 5) is 12.9. The van der Waals surface area contributed by atoms with Crippen molar-refractivity contribution in [2.24, 2.45) is 11.8 Å². The molecular formula is C18H25NO. The molecule has 108 valence electrons. The Morgan fingerprint density at radius 2 is 1.95 bits per heavy atom. The summed E-state index contributed by atoms with van der Waals surface area (Å²) in [5.41, 5.74) is 2.58. The van der Waals surface area contributed by atoms with Crippen molar-refractivity contribution in [3.05, 3.63) is 35.4 Å². The van der Waals surface area contributed by atoms with Gasteiger partial charge in [-0.3, -0.25) is 4.79 Å². The SMILES string of the molecule is CCC1CCC(C(=O)C2CNCc3ccccc32)CC1. The van der Waals surface area contributed by atoms with Gasteiger partial charge in [-0.15, -0.1) is 0 Å². The highest BCUT2D eigenvalue weighted by atomic mass is 16.1. The summed E-state index contributed by atoms with van der Waals surface area (Å²) in [7, 11) is 0. The normalized spacial score (nSPS) is 29.8. The lowest BCUT2D eigenvalue weighted by Crippen LogP contribution is -2.36. The molecule has 1 atom stereocenters. The third-order valence-electron chi connectivity index (χ3n) is 5.26. The second-order valence-electron chi connectivity index (χ2n) is 6.41. The smallest absolute Gasteiger partial charge is 0.144 e. The van der Waals surface area contributed by atoms with E-state index in [0.29, 0.717) is 11.7 Å². The molecule has 0 amide bonds. The molecule has 1 heterocycles. The van der Waals surface area contributed by atoms with Gasteiger partial charge in [-0.2, -0.15) is 0 Å². The highest BCUT2D eigenvalue weighted by Gasteiger charge is 2.33. The van der Waals surface area contributed by atoms with Gasteiger partial charge in [0.25, 0.3) is 0 Å². The molecule has 1 unspecified atom stereocenters. The van der Waals surface area contributed by atoms with E-state index in [1.54, 1.807) is 0 Å². The van der Waals surface area contributed by atoms with Crippen LogP contribution >= 0.6 is 0 Å². The molecule has 1 aromatic rings. The number of Topliss-reactive ketones (excluding diaryl/α,β-unsaturated/α-hetero) is 1. The zero-order valence-corrected chi connectivity index (χ0v) is 12.4. The zero-order chi connectivity index (χ0) is 13.9. The molecule has 1 aliphatic carbocycles. The van der Waals surface area contributed by atoms with Gasteiger partial charge in [0, 0.05) is 19.0 Å². The molecule has 0 bridgehead atoms. The van der Waals surface area contributed by atoms with Crippen LogP contribution in [0.5, 0.6) is 0 Å². The molecular weight excluding hydrogens is 246 g/mol. The summed E-state index contributed by atoms with van der Waals surface area (Å²) in [5, 5.41) is 3.41.